The van der Waals surface area contributed by atoms with Gasteiger partial charge in [0.15, 0.2) is 0 Å². The topological polar surface area (TPSA) is 44.2 Å². The van der Waals surface area contributed by atoms with Crippen LogP contribution in [-0.4, -0.2) is 36.0 Å². The smallest absolute Gasteiger partial charge is 0.131 e. The van der Waals surface area contributed by atoms with Crippen LogP contribution in [0.1, 0.15) is 19.8 Å². The summed E-state index contributed by atoms with van der Waals surface area (Å²) >= 11 is 0. The quantitative estimate of drug-likeness (QED) is 0.636. The Balaban J connectivity index is 2.46. The summed E-state index contributed by atoms with van der Waals surface area (Å²) in [6, 6.07) is 0.292. The third-order valence-electron chi connectivity index (χ3n) is 2.07. The van der Waals surface area contributed by atoms with Gasteiger partial charge in [-0.05, 0) is 14.0 Å². The Labute approximate surface area is 66.9 Å². The number of hydrogen-bond acceptors (Lipinski definition) is 3. The fourth-order valence-corrected chi connectivity index (χ4v) is 1.49. The van der Waals surface area contributed by atoms with E-state index >= 15 is 0 Å². The van der Waals surface area contributed by atoms with Crippen LogP contribution in [0.3, 0.4) is 0 Å². The molecule has 3 nitrogen and oxygen atoms in total. The van der Waals surface area contributed by atoms with Crippen molar-refractivity contribution in [2.45, 2.75) is 25.8 Å². The summed E-state index contributed by atoms with van der Waals surface area (Å²) in [6.07, 6.45) is 1.37. The zero-order chi connectivity index (χ0) is 8.43. The lowest BCUT2D eigenvalue weighted by Crippen LogP contribution is -2.26. The molecule has 0 amide bonds. The van der Waals surface area contributed by atoms with Crippen molar-refractivity contribution < 1.29 is 4.79 Å². The predicted molar refractivity (Wildman–Crippen MR) is 44.1 cm³/mol. The van der Waals surface area contributed by atoms with Gasteiger partial charge in [0.25, 0.3) is 0 Å². The summed E-state index contributed by atoms with van der Waals surface area (Å²) < 4.78 is 0. The summed E-state index contributed by atoms with van der Waals surface area (Å²) in [4.78, 5) is 12.8. The number of hydrogen-bond donors (Lipinski definition) is 1. The van der Waals surface area contributed by atoms with Gasteiger partial charge in [-0.25, -0.2) is 0 Å². The minimum atomic E-state index is 0.219. The third-order valence-corrected chi connectivity index (χ3v) is 2.07. The van der Waals surface area contributed by atoms with Crippen LogP contribution >= 0.6 is 0 Å². The van der Waals surface area contributed by atoms with Crippen LogP contribution in [0, 0.1) is 5.41 Å². The highest BCUT2D eigenvalue weighted by molar-refractivity contribution is 5.87. The number of nitrogens with zero attached hydrogens (tertiary/aromatic N) is 1. The number of ketones is 1. The van der Waals surface area contributed by atoms with Crippen LogP contribution in [0.4, 0.5) is 0 Å². The van der Waals surface area contributed by atoms with Gasteiger partial charge >= 0.3 is 0 Å². The molecule has 1 fully saturated rings. The van der Waals surface area contributed by atoms with E-state index in [1.165, 1.54) is 0 Å². The first-order valence-corrected chi connectivity index (χ1v) is 3.85. The molecule has 62 valence electrons. The van der Waals surface area contributed by atoms with Crippen molar-refractivity contribution in [2.24, 2.45) is 0 Å². The second kappa shape index (κ2) is 3.13. The van der Waals surface area contributed by atoms with E-state index in [0.717, 1.165) is 18.7 Å². The highest BCUT2D eigenvalue weighted by Gasteiger charge is 2.25. The Bertz CT molecular complexity index is 189. The van der Waals surface area contributed by atoms with Gasteiger partial charge in [-0.15, -0.1) is 0 Å². The minimum Gasteiger partial charge on any atom is -0.308 e. The van der Waals surface area contributed by atoms with Gasteiger partial charge in [-0.1, -0.05) is 0 Å². The summed E-state index contributed by atoms with van der Waals surface area (Å²) in [5.41, 5.74) is 0.749. The second-order valence-electron chi connectivity index (χ2n) is 3.28. The van der Waals surface area contributed by atoms with Gasteiger partial charge in [0, 0.05) is 31.1 Å². The first kappa shape index (κ1) is 8.40. The first-order chi connectivity index (χ1) is 5.09. The molecular weight excluding hydrogens is 140 g/mol. The van der Waals surface area contributed by atoms with E-state index < -0.39 is 0 Å². The molecule has 1 heterocycles. The van der Waals surface area contributed by atoms with Crippen LogP contribution in [-0.2, 0) is 4.79 Å². The first-order valence-electron chi connectivity index (χ1n) is 3.85. The van der Waals surface area contributed by atoms with Gasteiger partial charge in [0.2, 0.25) is 0 Å². The maximum absolute atomic E-state index is 10.8. The summed E-state index contributed by atoms with van der Waals surface area (Å²) in [6.45, 7) is 2.34. The third kappa shape index (κ3) is 2.12. The lowest BCUT2D eigenvalue weighted by Gasteiger charge is -2.16. The molecule has 1 unspecified atom stereocenters. The molecule has 0 aliphatic carbocycles. The largest absolute Gasteiger partial charge is 0.308 e. The molecule has 0 saturated carbocycles. The Morgan fingerprint density at radius 2 is 2.45 bits per heavy atom. The van der Waals surface area contributed by atoms with Gasteiger partial charge < -0.3 is 5.41 Å². The van der Waals surface area contributed by atoms with E-state index in [9.17, 15) is 4.79 Å². The van der Waals surface area contributed by atoms with Crippen LogP contribution in [0.15, 0.2) is 0 Å². The van der Waals surface area contributed by atoms with Crippen LogP contribution < -0.4 is 0 Å². The average molecular weight is 154 g/mol. The molecule has 0 spiro atoms. The van der Waals surface area contributed by atoms with Gasteiger partial charge in [0.05, 0.1) is 0 Å². The maximum atomic E-state index is 10.8. The zero-order valence-corrected chi connectivity index (χ0v) is 7.05. The highest BCUT2D eigenvalue weighted by atomic mass is 16.1. The predicted octanol–water partition coefficient (Wildman–Crippen LogP) is 0.689. The number of carbonyl (C=O) groups is 1. The van der Waals surface area contributed by atoms with Gasteiger partial charge in [-0.3, -0.25) is 9.69 Å². The Morgan fingerprint density at radius 1 is 1.82 bits per heavy atom. The Hall–Kier alpha value is -0.700. The normalized spacial score (nSPS) is 26.0. The van der Waals surface area contributed by atoms with E-state index in [-0.39, 0.29) is 5.78 Å². The molecule has 1 saturated heterocycles. The SMILES string of the molecule is CC(=O)CC1CC(=N)CN1C. The fourth-order valence-electron chi connectivity index (χ4n) is 1.49. The van der Waals surface area contributed by atoms with Gasteiger partial charge in [0.1, 0.15) is 5.78 Å². The molecule has 1 atom stereocenters. The van der Waals surface area contributed by atoms with Crippen molar-refractivity contribution in [2.75, 3.05) is 13.6 Å². The number of carbonyl (C=O) groups excluding carboxylic acids is 1. The standard InChI is InChI=1S/C8H14N2O/c1-6(11)3-8-4-7(9)5-10(8)2/h8-9H,3-5H2,1-2H3. The number of Topliss-reactive ketones (excluding diaryl/α,β-unsaturated/α-hetero) is 1. The lowest BCUT2D eigenvalue weighted by atomic mass is 10.1. The molecule has 11 heavy (non-hydrogen) atoms. The molecule has 0 bridgehead atoms. The van der Waals surface area contributed by atoms with Gasteiger partial charge in [-0.2, -0.15) is 0 Å². The molecule has 0 radical (unpaired) electrons. The minimum absolute atomic E-state index is 0.219. The van der Waals surface area contributed by atoms with Crippen LogP contribution in [0.2, 0.25) is 0 Å². The Kier molecular flexibility index (Phi) is 2.39. The van der Waals surface area contributed by atoms with Crippen molar-refractivity contribution in [3.05, 3.63) is 0 Å². The summed E-state index contributed by atoms with van der Waals surface area (Å²) in [5, 5.41) is 7.40. The van der Waals surface area contributed by atoms with Crippen molar-refractivity contribution in [3.8, 4) is 0 Å². The number of rotatable bonds is 2. The molecule has 1 aliphatic heterocycles. The maximum Gasteiger partial charge on any atom is 0.131 e. The van der Waals surface area contributed by atoms with Crippen molar-refractivity contribution in [1.29, 1.82) is 5.41 Å². The molecule has 1 rings (SSSR count). The second-order valence-corrected chi connectivity index (χ2v) is 3.28. The Morgan fingerprint density at radius 3 is 2.82 bits per heavy atom. The molecule has 0 aromatic heterocycles. The highest BCUT2D eigenvalue weighted by Crippen LogP contribution is 2.15. The molecule has 1 aliphatic rings. The number of nitrogens with one attached hydrogen (secondary N) is 1. The summed E-state index contributed by atoms with van der Waals surface area (Å²) in [5.74, 6) is 0.219. The average Bonchev–Trinajstić information content (AvgIpc) is 2.09. The summed E-state index contributed by atoms with van der Waals surface area (Å²) in [7, 11) is 1.97. The van der Waals surface area contributed by atoms with E-state index in [0.29, 0.717) is 12.5 Å². The van der Waals surface area contributed by atoms with E-state index in [2.05, 4.69) is 4.90 Å². The lowest BCUT2D eigenvalue weighted by molar-refractivity contribution is -0.117. The van der Waals surface area contributed by atoms with E-state index in [1.54, 1.807) is 6.92 Å². The van der Waals surface area contributed by atoms with E-state index in [1.807, 2.05) is 7.05 Å². The number of likely N-dealkylation sites (tertiary alicyclic amines) is 1. The van der Waals surface area contributed by atoms with Crippen LogP contribution in [0.5, 0.6) is 0 Å². The van der Waals surface area contributed by atoms with Crippen molar-refractivity contribution in [1.82, 2.24) is 4.90 Å². The monoisotopic (exact) mass is 154 g/mol. The molecule has 3 heteroatoms. The molecule has 0 aromatic rings. The molecule has 0 aromatic carbocycles. The van der Waals surface area contributed by atoms with Crippen molar-refractivity contribution >= 4 is 11.5 Å². The molecule has 1 N–H and O–H groups in total. The zero-order valence-electron chi connectivity index (χ0n) is 7.05. The molecular formula is C8H14N2O. The van der Waals surface area contributed by atoms with Crippen molar-refractivity contribution in [3.63, 3.8) is 0 Å². The van der Waals surface area contributed by atoms with E-state index in [4.69, 9.17) is 5.41 Å². The fraction of sp³-hybridized carbons (Fsp3) is 0.750. The van der Waals surface area contributed by atoms with Crippen LogP contribution in [0.25, 0.3) is 0 Å².